The zero-order valence-electron chi connectivity index (χ0n) is 11.5. The average molecular weight is 289 g/mol. The highest BCUT2D eigenvalue weighted by Gasteiger charge is 2.18. The number of rotatable bonds is 6. The van der Waals surface area contributed by atoms with Gasteiger partial charge in [0.15, 0.2) is 0 Å². The van der Waals surface area contributed by atoms with Crippen LogP contribution in [0.25, 0.3) is 11.3 Å². The Morgan fingerprint density at radius 1 is 1.48 bits per heavy atom. The van der Waals surface area contributed by atoms with Crippen LogP contribution in [0.15, 0.2) is 30.5 Å². The van der Waals surface area contributed by atoms with Crippen molar-refractivity contribution in [3.8, 4) is 11.3 Å². The second kappa shape index (κ2) is 6.17. The molecule has 1 heterocycles. The van der Waals surface area contributed by atoms with Crippen LogP contribution in [0.1, 0.15) is 30.1 Å². The van der Waals surface area contributed by atoms with Crippen molar-refractivity contribution in [2.45, 2.75) is 26.3 Å². The molecule has 0 aliphatic rings. The number of carboxylic acids is 1. The summed E-state index contributed by atoms with van der Waals surface area (Å²) >= 11 is 0. The zero-order chi connectivity index (χ0) is 15.4. The van der Waals surface area contributed by atoms with E-state index in [1.165, 1.54) is 24.4 Å². The third-order valence-corrected chi connectivity index (χ3v) is 3.06. The number of hydrogen-bond donors (Lipinski definition) is 1. The lowest BCUT2D eigenvalue weighted by Gasteiger charge is -2.00. The van der Waals surface area contributed by atoms with E-state index >= 15 is 0 Å². The second-order valence-corrected chi connectivity index (χ2v) is 4.62. The van der Waals surface area contributed by atoms with E-state index in [0.29, 0.717) is 12.1 Å². The molecule has 0 aliphatic carbocycles. The van der Waals surface area contributed by atoms with Crippen LogP contribution in [-0.2, 0) is 6.54 Å². The predicted octanol–water partition coefficient (Wildman–Crippen LogP) is 2.96. The van der Waals surface area contributed by atoms with Gasteiger partial charge in [0.05, 0.1) is 4.92 Å². The summed E-state index contributed by atoms with van der Waals surface area (Å²) in [6.45, 7) is 2.65. The molecule has 1 aromatic heterocycles. The fraction of sp³-hybridized carbons (Fsp3) is 0.286. The minimum absolute atomic E-state index is 0.0478. The number of aromatic carboxylic acids is 1. The first-order valence-corrected chi connectivity index (χ1v) is 6.58. The minimum atomic E-state index is -1.10. The normalized spacial score (nSPS) is 10.5. The van der Waals surface area contributed by atoms with Gasteiger partial charge in [-0.2, -0.15) is 5.10 Å². The van der Waals surface area contributed by atoms with Gasteiger partial charge in [0, 0.05) is 30.4 Å². The monoisotopic (exact) mass is 289 g/mol. The number of unbranched alkanes of at least 4 members (excludes halogenated alkanes) is 1. The summed E-state index contributed by atoms with van der Waals surface area (Å²) < 4.78 is 1.57. The first kappa shape index (κ1) is 14.7. The lowest BCUT2D eigenvalue weighted by atomic mass is 10.1. The third-order valence-electron chi connectivity index (χ3n) is 3.06. The molecule has 21 heavy (non-hydrogen) atoms. The van der Waals surface area contributed by atoms with Gasteiger partial charge in [0.1, 0.15) is 11.3 Å². The highest BCUT2D eigenvalue weighted by Crippen LogP contribution is 2.26. The van der Waals surface area contributed by atoms with Crippen molar-refractivity contribution in [3.05, 3.63) is 46.1 Å². The maximum Gasteiger partial charge on any atom is 0.339 e. The summed E-state index contributed by atoms with van der Waals surface area (Å²) in [5.41, 5.74) is 0.637. The van der Waals surface area contributed by atoms with Crippen LogP contribution in [-0.4, -0.2) is 25.8 Å². The van der Waals surface area contributed by atoms with E-state index in [2.05, 4.69) is 5.10 Å². The van der Waals surface area contributed by atoms with Gasteiger partial charge in [-0.3, -0.25) is 14.8 Å². The molecular formula is C14H15N3O4. The van der Waals surface area contributed by atoms with E-state index in [0.717, 1.165) is 12.8 Å². The smallest absolute Gasteiger partial charge is 0.339 e. The molecule has 0 unspecified atom stereocenters. The molecule has 0 spiro atoms. The summed E-state index contributed by atoms with van der Waals surface area (Å²) in [5, 5.41) is 24.3. The summed E-state index contributed by atoms with van der Waals surface area (Å²) in [6.07, 6.45) is 3.32. The quantitative estimate of drug-likeness (QED) is 0.651. The average Bonchev–Trinajstić information content (AvgIpc) is 2.89. The van der Waals surface area contributed by atoms with Gasteiger partial charge in [-0.05, 0) is 6.42 Å². The number of nitrogens with zero attached hydrogens (tertiary/aromatic N) is 3. The van der Waals surface area contributed by atoms with Gasteiger partial charge >= 0.3 is 5.97 Å². The first-order chi connectivity index (χ1) is 10.0. The minimum Gasteiger partial charge on any atom is -0.478 e. The van der Waals surface area contributed by atoms with E-state index < -0.39 is 10.9 Å². The molecule has 7 heteroatoms. The maximum atomic E-state index is 11.3. The molecule has 1 N–H and O–H groups in total. The van der Waals surface area contributed by atoms with Gasteiger partial charge < -0.3 is 5.11 Å². The van der Waals surface area contributed by atoms with Crippen LogP contribution in [0, 0.1) is 10.1 Å². The number of benzene rings is 1. The number of nitro benzene ring substituents is 1. The molecule has 0 aliphatic heterocycles. The largest absolute Gasteiger partial charge is 0.478 e. The summed E-state index contributed by atoms with van der Waals surface area (Å²) in [5.74, 6) is -1.10. The topological polar surface area (TPSA) is 98.3 Å². The molecule has 0 saturated heterocycles. The molecule has 110 valence electrons. The van der Waals surface area contributed by atoms with Gasteiger partial charge in [-0.25, -0.2) is 4.79 Å². The van der Waals surface area contributed by atoms with Crippen molar-refractivity contribution in [2.24, 2.45) is 0 Å². The number of aryl methyl sites for hydroxylation is 1. The summed E-state index contributed by atoms with van der Waals surface area (Å²) in [4.78, 5) is 21.6. The SMILES string of the molecule is CCCCn1cc(C(=O)O)c(-c2cccc([N+](=O)[O-])c2)n1. The highest BCUT2D eigenvalue weighted by molar-refractivity contribution is 5.94. The summed E-state index contributed by atoms with van der Waals surface area (Å²) in [6, 6.07) is 5.83. The number of non-ortho nitro benzene ring substituents is 1. The van der Waals surface area contributed by atoms with E-state index in [1.807, 2.05) is 6.92 Å². The van der Waals surface area contributed by atoms with Gasteiger partial charge in [0.25, 0.3) is 5.69 Å². The van der Waals surface area contributed by atoms with Crippen LogP contribution in [0.5, 0.6) is 0 Å². The van der Waals surface area contributed by atoms with E-state index in [9.17, 15) is 20.0 Å². The fourth-order valence-electron chi connectivity index (χ4n) is 1.99. The van der Waals surface area contributed by atoms with Crippen LogP contribution in [0.2, 0.25) is 0 Å². The van der Waals surface area contributed by atoms with Crippen LogP contribution in [0.4, 0.5) is 5.69 Å². The van der Waals surface area contributed by atoms with E-state index in [-0.39, 0.29) is 16.9 Å². The molecule has 0 amide bonds. The Morgan fingerprint density at radius 2 is 2.24 bits per heavy atom. The van der Waals surface area contributed by atoms with Gasteiger partial charge in [-0.1, -0.05) is 25.5 Å². The fourth-order valence-corrected chi connectivity index (χ4v) is 1.99. The number of hydrogen-bond acceptors (Lipinski definition) is 4. The van der Waals surface area contributed by atoms with Crippen molar-refractivity contribution in [3.63, 3.8) is 0 Å². The van der Waals surface area contributed by atoms with Crippen molar-refractivity contribution in [2.75, 3.05) is 0 Å². The maximum absolute atomic E-state index is 11.3. The Bertz CT molecular complexity index is 679. The molecular weight excluding hydrogens is 274 g/mol. The second-order valence-electron chi connectivity index (χ2n) is 4.62. The molecule has 0 bridgehead atoms. The number of carboxylic acid groups (broad SMARTS) is 1. The standard InChI is InChI=1S/C14H15N3O4/c1-2-3-7-16-9-12(14(18)19)13(15-16)10-5-4-6-11(8-10)17(20)21/h4-6,8-9H,2-3,7H2,1H3,(H,18,19). The van der Waals surface area contributed by atoms with Crippen molar-refractivity contribution in [1.82, 2.24) is 9.78 Å². The number of nitro groups is 1. The molecule has 0 atom stereocenters. The highest BCUT2D eigenvalue weighted by atomic mass is 16.6. The lowest BCUT2D eigenvalue weighted by molar-refractivity contribution is -0.384. The Morgan fingerprint density at radius 3 is 2.86 bits per heavy atom. The molecule has 7 nitrogen and oxygen atoms in total. The van der Waals surface area contributed by atoms with Crippen LogP contribution in [0.3, 0.4) is 0 Å². The number of aromatic nitrogens is 2. The van der Waals surface area contributed by atoms with Crippen molar-refractivity contribution < 1.29 is 14.8 Å². The molecule has 0 saturated carbocycles. The predicted molar refractivity (Wildman–Crippen MR) is 76.2 cm³/mol. The van der Waals surface area contributed by atoms with Crippen LogP contribution >= 0.6 is 0 Å². The molecule has 1 aromatic carbocycles. The first-order valence-electron chi connectivity index (χ1n) is 6.58. The Kier molecular flexibility index (Phi) is 4.32. The third kappa shape index (κ3) is 3.25. The number of carbonyl (C=O) groups is 1. The van der Waals surface area contributed by atoms with E-state index in [1.54, 1.807) is 10.7 Å². The molecule has 0 radical (unpaired) electrons. The zero-order valence-corrected chi connectivity index (χ0v) is 11.5. The molecule has 2 rings (SSSR count). The summed E-state index contributed by atoms with van der Waals surface area (Å²) in [7, 11) is 0. The van der Waals surface area contributed by atoms with Crippen molar-refractivity contribution >= 4 is 11.7 Å². The Balaban J connectivity index is 2.46. The van der Waals surface area contributed by atoms with Gasteiger partial charge in [-0.15, -0.1) is 0 Å². The Hall–Kier alpha value is -2.70. The molecule has 2 aromatic rings. The van der Waals surface area contributed by atoms with Gasteiger partial charge in [0.2, 0.25) is 0 Å². The van der Waals surface area contributed by atoms with E-state index in [4.69, 9.17) is 0 Å². The van der Waals surface area contributed by atoms with Crippen LogP contribution < -0.4 is 0 Å². The lowest BCUT2D eigenvalue weighted by Crippen LogP contribution is -1.98. The molecule has 0 fully saturated rings. The van der Waals surface area contributed by atoms with Crippen molar-refractivity contribution in [1.29, 1.82) is 0 Å². The Labute approximate surface area is 121 Å².